The summed E-state index contributed by atoms with van der Waals surface area (Å²) in [6.45, 7) is 5.90. The molecule has 5 aliphatic rings. The summed E-state index contributed by atoms with van der Waals surface area (Å²) >= 11 is 0. The van der Waals surface area contributed by atoms with E-state index in [0.717, 1.165) is 75.8 Å². The Bertz CT molecular complexity index is 665. The summed E-state index contributed by atoms with van der Waals surface area (Å²) in [5.41, 5.74) is 0.356. The molecule has 2 heterocycles. The molecule has 1 saturated heterocycles. The van der Waals surface area contributed by atoms with Crippen LogP contribution in [-0.4, -0.2) is 60.0 Å². The number of piperazine rings is 1. The second kappa shape index (κ2) is 8.21. The van der Waals surface area contributed by atoms with Crippen molar-refractivity contribution in [2.75, 3.05) is 44.2 Å². The lowest BCUT2D eigenvalue weighted by molar-refractivity contribution is -0.129. The molecule has 6 heteroatoms. The first-order valence-corrected chi connectivity index (χ1v) is 11.7. The predicted molar refractivity (Wildman–Crippen MR) is 114 cm³/mol. The van der Waals surface area contributed by atoms with Gasteiger partial charge in [0.1, 0.15) is 0 Å². The van der Waals surface area contributed by atoms with Gasteiger partial charge in [0, 0.05) is 51.5 Å². The largest absolute Gasteiger partial charge is 0.356 e. The molecular weight excluding hydrogens is 362 g/mol. The normalized spacial score (nSPS) is 33.8. The number of hydrogen-bond acceptors (Lipinski definition) is 5. The minimum atomic E-state index is 0.304. The first-order valence-electron chi connectivity index (χ1n) is 11.7. The van der Waals surface area contributed by atoms with Crippen LogP contribution in [0.3, 0.4) is 0 Å². The fraction of sp³-hybridized carbons (Fsp3) is 0.783. The first-order chi connectivity index (χ1) is 14.2. The molecule has 1 aliphatic heterocycles. The van der Waals surface area contributed by atoms with Crippen LogP contribution in [0.2, 0.25) is 0 Å². The third-order valence-corrected chi connectivity index (χ3v) is 7.88. The van der Waals surface area contributed by atoms with E-state index in [1.165, 1.54) is 38.5 Å². The molecule has 158 valence electrons. The van der Waals surface area contributed by atoms with Gasteiger partial charge in [0.05, 0.1) is 0 Å². The summed E-state index contributed by atoms with van der Waals surface area (Å²) < 4.78 is 0. The molecule has 6 nitrogen and oxygen atoms in total. The van der Waals surface area contributed by atoms with Crippen LogP contribution in [0.4, 0.5) is 5.95 Å². The molecule has 4 saturated carbocycles. The van der Waals surface area contributed by atoms with Crippen molar-refractivity contribution in [3.05, 3.63) is 18.5 Å². The zero-order valence-electron chi connectivity index (χ0n) is 17.6. The topological polar surface area (TPSA) is 61.4 Å². The Kier molecular flexibility index (Phi) is 5.46. The van der Waals surface area contributed by atoms with Gasteiger partial charge in [-0.25, -0.2) is 9.97 Å². The smallest absolute Gasteiger partial charge is 0.225 e. The van der Waals surface area contributed by atoms with E-state index in [1.54, 1.807) is 12.4 Å². The lowest BCUT2D eigenvalue weighted by Gasteiger charge is -2.56. The summed E-state index contributed by atoms with van der Waals surface area (Å²) in [4.78, 5) is 26.1. The van der Waals surface area contributed by atoms with E-state index in [0.29, 0.717) is 11.3 Å². The molecular formula is C23H35N5O. The molecule has 0 spiro atoms. The van der Waals surface area contributed by atoms with E-state index in [2.05, 4.69) is 25.1 Å². The zero-order valence-corrected chi connectivity index (χ0v) is 17.6. The third-order valence-electron chi connectivity index (χ3n) is 7.88. The van der Waals surface area contributed by atoms with Crippen LogP contribution in [0.1, 0.15) is 51.4 Å². The van der Waals surface area contributed by atoms with Crippen molar-refractivity contribution in [3.63, 3.8) is 0 Å². The maximum Gasteiger partial charge on any atom is 0.225 e. The third kappa shape index (κ3) is 4.42. The fourth-order valence-corrected chi connectivity index (χ4v) is 7.07. The Hall–Kier alpha value is -1.69. The molecule has 29 heavy (non-hydrogen) atoms. The number of carbonyl (C=O) groups excluding carboxylic acids is 1. The number of carbonyl (C=O) groups is 1. The standard InChI is InChI=1S/C23H35N5O/c29-21(17-23-14-18-11-19(15-23)13-20(12-18)16-23)24-5-2-6-27-7-9-28(10-8-27)22-25-3-1-4-26-22/h1,3-4,18-20H,2,5-17H2,(H,24,29). The van der Waals surface area contributed by atoms with E-state index in [-0.39, 0.29) is 0 Å². The molecule has 0 aromatic carbocycles. The van der Waals surface area contributed by atoms with Gasteiger partial charge in [-0.2, -0.15) is 0 Å². The van der Waals surface area contributed by atoms with Crippen molar-refractivity contribution >= 4 is 11.9 Å². The van der Waals surface area contributed by atoms with Crippen molar-refractivity contribution < 1.29 is 4.79 Å². The summed E-state index contributed by atoms with van der Waals surface area (Å²) in [6, 6.07) is 1.86. The SMILES string of the molecule is O=C(CC12CC3CC(CC(C3)C1)C2)NCCCN1CCN(c2ncccn2)CC1. The molecule has 0 atom stereocenters. The van der Waals surface area contributed by atoms with Crippen LogP contribution in [0.25, 0.3) is 0 Å². The van der Waals surface area contributed by atoms with Crippen molar-refractivity contribution in [2.24, 2.45) is 23.2 Å². The fourth-order valence-electron chi connectivity index (χ4n) is 7.07. The van der Waals surface area contributed by atoms with E-state index in [9.17, 15) is 4.79 Å². The Balaban J connectivity index is 0.997. The van der Waals surface area contributed by atoms with Gasteiger partial charge in [-0.1, -0.05) is 0 Å². The Morgan fingerprint density at radius 2 is 1.62 bits per heavy atom. The van der Waals surface area contributed by atoms with Crippen molar-refractivity contribution in [1.82, 2.24) is 20.2 Å². The Morgan fingerprint density at radius 3 is 2.24 bits per heavy atom. The number of amides is 1. The summed E-state index contributed by atoms with van der Waals surface area (Å²) in [5.74, 6) is 3.92. The second-order valence-electron chi connectivity index (χ2n) is 10.2. The summed E-state index contributed by atoms with van der Waals surface area (Å²) in [7, 11) is 0. The van der Waals surface area contributed by atoms with Crippen molar-refractivity contribution in [1.29, 1.82) is 0 Å². The van der Waals surface area contributed by atoms with Crippen LogP contribution in [-0.2, 0) is 4.79 Å². The van der Waals surface area contributed by atoms with Crippen LogP contribution in [0, 0.1) is 23.2 Å². The molecule has 6 rings (SSSR count). The molecule has 1 N–H and O–H groups in total. The van der Waals surface area contributed by atoms with Crippen molar-refractivity contribution in [2.45, 2.75) is 51.4 Å². The van der Waals surface area contributed by atoms with Crippen LogP contribution < -0.4 is 10.2 Å². The number of nitrogens with one attached hydrogen (secondary N) is 1. The molecule has 4 bridgehead atoms. The number of aromatic nitrogens is 2. The first kappa shape index (κ1) is 19.3. The van der Waals surface area contributed by atoms with Gasteiger partial charge >= 0.3 is 0 Å². The van der Waals surface area contributed by atoms with E-state index in [4.69, 9.17) is 0 Å². The van der Waals surface area contributed by atoms with Crippen LogP contribution >= 0.6 is 0 Å². The molecule has 0 radical (unpaired) electrons. The average molecular weight is 398 g/mol. The lowest BCUT2D eigenvalue weighted by atomic mass is 9.49. The summed E-state index contributed by atoms with van der Waals surface area (Å²) in [5, 5.41) is 3.24. The number of nitrogens with zero attached hydrogens (tertiary/aromatic N) is 4. The van der Waals surface area contributed by atoms with Crippen LogP contribution in [0.5, 0.6) is 0 Å². The maximum absolute atomic E-state index is 12.6. The lowest BCUT2D eigenvalue weighted by Crippen LogP contribution is -2.48. The minimum absolute atomic E-state index is 0.304. The van der Waals surface area contributed by atoms with E-state index in [1.807, 2.05) is 6.07 Å². The highest BCUT2D eigenvalue weighted by Gasteiger charge is 2.51. The van der Waals surface area contributed by atoms with Gasteiger partial charge < -0.3 is 10.2 Å². The van der Waals surface area contributed by atoms with Gasteiger partial charge in [-0.15, -0.1) is 0 Å². The highest BCUT2D eigenvalue weighted by molar-refractivity contribution is 5.76. The predicted octanol–water partition coefficient (Wildman–Crippen LogP) is 2.71. The number of hydrogen-bond donors (Lipinski definition) is 1. The molecule has 1 aromatic rings. The van der Waals surface area contributed by atoms with E-state index < -0.39 is 0 Å². The molecule has 5 fully saturated rings. The van der Waals surface area contributed by atoms with E-state index >= 15 is 0 Å². The van der Waals surface area contributed by atoms with Gasteiger partial charge in [0.25, 0.3) is 0 Å². The second-order valence-corrected chi connectivity index (χ2v) is 10.2. The molecule has 1 aromatic heterocycles. The molecule has 1 amide bonds. The van der Waals surface area contributed by atoms with Gasteiger partial charge in [0.2, 0.25) is 11.9 Å². The van der Waals surface area contributed by atoms with Gasteiger partial charge in [-0.05, 0) is 80.7 Å². The highest BCUT2D eigenvalue weighted by atomic mass is 16.1. The highest BCUT2D eigenvalue weighted by Crippen LogP contribution is 2.61. The minimum Gasteiger partial charge on any atom is -0.356 e. The monoisotopic (exact) mass is 397 g/mol. The van der Waals surface area contributed by atoms with Crippen molar-refractivity contribution in [3.8, 4) is 0 Å². The Morgan fingerprint density at radius 1 is 1.00 bits per heavy atom. The zero-order chi connectivity index (χ0) is 19.7. The van der Waals surface area contributed by atoms with Gasteiger partial charge in [-0.3, -0.25) is 9.69 Å². The van der Waals surface area contributed by atoms with Crippen LogP contribution in [0.15, 0.2) is 18.5 Å². The molecule has 4 aliphatic carbocycles. The maximum atomic E-state index is 12.6. The number of rotatable bonds is 7. The number of anilines is 1. The Labute approximate surface area is 174 Å². The average Bonchev–Trinajstić information content (AvgIpc) is 2.71. The molecule has 0 unspecified atom stereocenters. The quantitative estimate of drug-likeness (QED) is 0.717. The van der Waals surface area contributed by atoms with Gasteiger partial charge in [0.15, 0.2) is 0 Å². The summed E-state index contributed by atoms with van der Waals surface area (Å²) in [6.07, 6.45) is 13.7.